The molecule has 0 amide bonds. The van der Waals surface area contributed by atoms with Crippen LogP contribution in [0.2, 0.25) is 0 Å². The largest absolute Gasteiger partial charge is 0.507 e. The van der Waals surface area contributed by atoms with Gasteiger partial charge in [-0.3, -0.25) is 0 Å². The lowest BCUT2D eigenvalue weighted by atomic mass is 10.0. The number of ether oxygens (including phenoxy) is 1. The van der Waals surface area contributed by atoms with Crippen molar-refractivity contribution in [3.63, 3.8) is 0 Å². The van der Waals surface area contributed by atoms with Crippen LogP contribution in [0.1, 0.15) is 19.4 Å². The average Bonchev–Trinajstić information content (AvgIpc) is 2.56. The molecule has 1 aliphatic heterocycles. The topological polar surface area (TPSA) is 46.5 Å². The summed E-state index contributed by atoms with van der Waals surface area (Å²) in [5.41, 5.74) is 0.993. The van der Waals surface area contributed by atoms with Gasteiger partial charge in [0.05, 0.1) is 0 Å². The average molecular weight is 218 g/mol. The molecule has 0 aromatic heterocycles. The van der Waals surface area contributed by atoms with Crippen molar-refractivity contribution in [2.45, 2.75) is 20.0 Å². The van der Waals surface area contributed by atoms with Crippen LogP contribution in [0.3, 0.4) is 0 Å². The van der Waals surface area contributed by atoms with Crippen LogP contribution in [-0.2, 0) is 9.53 Å². The van der Waals surface area contributed by atoms with Crippen LogP contribution in [0.15, 0.2) is 36.1 Å². The molecule has 2 rings (SSSR count). The third-order valence-electron chi connectivity index (χ3n) is 2.63. The molecule has 0 bridgehead atoms. The zero-order valence-electron chi connectivity index (χ0n) is 9.31. The Morgan fingerprint density at radius 3 is 2.38 bits per heavy atom. The molecule has 0 spiro atoms. The van der Waals surface area contributed by atoms with Gasteiger partial charge in [-0.1, -0.05) is 44.2 Å². The summed E-state index contributed by atoms with van der Waals surface area (Å²) < 4.78 is 5.14. The molecule has 1 aromatic rings. The Hall–Kier alpha value is -1.77. The minimum atomic E-state index is -0.511. The van der Waals surface area contributed by atoms with E-state index in [2.05, 4.69) is 0 Å². The van der Waals surface area contributed by atoms with E-state index in [1.165, 1.54) is 0 Å². The lowest BCUT2D eigenvalue weighted by Gasteiger charge is -2.13. The van der Waals surface area contributed by atoms with Crippen molar-refractivity contribution in [1.82, 2.24) is 0 Å². The number of aliphatic hydroxyl groups is 1. The van der Waals surface area contributed by atoms with Crippen molar-refractivity contribution in [1.29, 1.82) is 0 Å². The van der Waals surface area contributed by atoms with E-state index in [-0.39, 0.29) is 11.7 Å². The van der Waals surface area contributed by atoms with Gasteiger partial charge in [-0.25, -0.2) is 4.79 Å². The minimum absolute atomic E-state index is 0.0474. The van der Waals surface area contributed by atoms with E-state index in [9.17, 15) is 9.90 Å². The second kappa shape index (κ2) is 4.00. The molecule has 84 valence electrons. The maximum Gasteiger partial charge on any atom is 0.343 e. The SMILES string of the molecule is CC(C)[C@@H]1OC(=O)C(c2ccccc2)=C1O. The Balaban J connectivity index is 2.44. The molecule has 16 heavy (non-hydrogen) atoms. The molecule has 1 N–H and O–H groups in total. The van der Waals surface area contributed by atoms with Crippen molar-refractivity contribution in [3.8, 4) is 0 Å². The summed E-state index contributed by atoms with van der Waals surface area (Å²) in [5, 5.41) is 9.98. The molecule has 0 saturated heterocycles. The number of cyclic esters (lactones) is 1. The van der Waals surface area contributed by atoms with E-state index < -0.39 is 12.1 Å². The van der Waals surface area contributed by atoms with Gasteiger partial charge in [-0.15, -0.1) is 0 Å². The number of aliphatic hydroxyl groups excluding tert-OH is 1. The van der Waals surface area contributed by atoms with Crippen LogP contribution in [0.4, 0.5) is 0 Å². The van der Waals surface area contributed by atoms with Gasteiger partial charge in [0.1, 0.15) is 11.3 Å². The molecule has 1 heterocycles. The van der Waals surface area contributed by atoms with Crippen LogP contribution in [0.5, 0.6) is 0 Å². The number of hydrogen-bond acceptors (Lipinski definition) is 3. The van der Waals surface area contributed by atoms with Gasteiger partial charge in [0.25, 0.3) is 0 Å². The number of rotatable bonds is 2. The maximum atomic E-state index is 11.7. The van der Waals surface area contributed by atoms with Crippen LogP contribution in [0, 0.1) is 5.92 Å². The summed E-state index contributed by atoms with van der Waals surface area (Å²) in [6.07, 6.45) is -0.511. The standard InChI is InChI=1S/C13H14O3/c1-8(2)12-11(14)10(13(15)16-12)9-6-4-3-5-7-9/h3-8,12,14H,1-2H3/t12-/m0/s1. The predicted molar refractivity (Wildman–Crippen MR) is 60.7 cm³/mol. The van der Waals surface area contributed by atoms with Gasteiger partial charge < -0.3 is 9.84 Å². The van der Waals surface area contributed by atoms with Crippen LogP contribution in [-0.4, -0.2) is 17.2 Å². The second-order valence-corrected chi connectivity index (χ2v) is 4.20. The molecule has 3 nitrogen and oxygen atoms in total. The third-order valence-corrected chi connectivity index (χ3v) is 2.63. The fourth-order valence-corrected chi connectivity index (χ4v) is 1.80. The van der Waals surface area contributed by atoms with Crippen molar-refractivity contribution in [3.05, 3.63) is 41.7 Å². The van der Waals surface area contributed by atoms with E-state index in [0.717, 1.165) is 0 Å². The van der Waals surface area contributed by atoms with Crippen molar-refractivity contribution in [2.24, 2.45) is 5.92 Å². The monoisotopic (exact) mass is 218 g/mol. The zero-order valence-corrected chi connectivity index (χ0v) is 9.31. The fourth-order valence-electron chi connectivity index (χ4n) is 1.80. The van der Waals surface area contributed by atoms with Gasteiger partial charge in [0, 0.05) is 0 Å². The highest BCUT2D eigenvalue weighted by Gasteiger charge is 2.36. The number of esters is 1. The highest BCUT2D eigenvalue weighted by Crippen LogP contribution is 2.32. The Labute approximate surface area is 94.4 Å². The normalized spacial score (nSPS) is 20.4. The summed E-state index contributed by atoms with van der Waals surface area (Å²) in [4.78, 5) is 11.7. The summed E-state index contributed by atoms with van der Waals surface area (Å²) >= 11 is 0. The van der Waals surface area contributed by atoms with Gasteiger partial charge in [-0.2, -0.15) is 0 Å². The lowest BCUT2D eigenvalue weighted by Crippen LogP contribution is -2.18. The molecule has 1 atom stereocenters. The highest BCUT2D eigenvalue weighted by atomic mass is 16.6. The third kappa shape index (κ3) is 1.69. The van der Waals surface area contributed by atoms with Crippen LogP contribution < -0.4 is 0 Å². The summed E-state index contributed by atoms with van der Waals surface area (Å²) in [6, 6.07) is 9.09. The molecule has 1 aliphatic rings. The zero-order chi connectivity index (χ0) is 11.7. The number of benzene rings is 1. The molecule has 3 heteroatoms. The first kappa shape index (κ1) is 10.7. The summed E-state index contributed by atoms with van der Waals surface area (Å²) in [5.74, 6) is -0.321. The predicted octanol–water partition coefficient (Wildman–Crippen LogP) is 2.54. The molecule has 0 aliphatic carbocycles. The van der Waals surface area contributed by atoms with E-state index in [0.29, 0.717) is 11.1 Å². The van der Waals surface area contributed by atoms with E-state index in [1.54, 1.807) is 12.1 Å². The van der Waals surface area contributed by atoms with Crippen LogP contribution in [0.25, 0.3) is 5.57 Å². The Morgan fingerprint density at radius 1 is 1.25 bits per heavy atom. The van der Waals surface area contributed by atoms with Gasteiger partial charge in [-0.05, 0) is 11.5 Å². The molecule has 1 aromatic carbocycles. The quantitative estimate of drug-likeness (QED) is 0.776. The molecule has 0 fully saturated rings. The van der Waals surface area contributed by atoms with Gasteiger partial charge in [0.2, 0.25) is 0 Å². The number of hydrogen-bond donors (Lipinski definition) is 1. The van der Waals surface area contributed by atoms with Crippen molar-refractivity contribution < 1.29 is 14.6 Å². The summed E-state index contributed by atoms with van der Waals surface area (Å²) in [7, 11) is 0. The van der Waals surface area contributed by atoms with Crippen molar-refractivity contribution in [2.75, 3.05) is 0 Å². The summed E-state index contributed by atoms with van der Waals surface area (Å²) in [6.45, 7) is 3.81. The Kier molecular flexibility index (Phi) is 2.69. The van der Waals surface area contributed by atoms with Gasteiger partial charge in [0.15, 0.2) is 6.10 Å². The van der Waals surface area contributed by atoms with E-state index in [4.69, 9.17) is 4.74 Å². The molecule has 0 saturated carbocycles. The fraction of sp³-hybridized carbons (Fsp3) is 0.308. The lowest BCUT2D eigenvalue weighted by molar-refractivity contribution is -0.140. The van der Waals surface area contributed by atoms with E-state index in [1.807, 2.05) is 32.0 Å². The Morgan fingerprint density at radius 2 is 1.88 bits per heavy atom. The first-order valence-electron chi connectivity index (χ1n) is 5.30. The second-order valence-electron chi connectivity index (χ2n) is 4.20. The first-order valence-corrected chi connectivity index (χ1v) is 5.30. The minimum Gasteiger partial charge on any atom is -0.507 e. The molecular weight excluding hydrogens is 204 g/mol. The Bertz CT molecular complexity index is 432. The highest BCUT2D eigenvalue weighted by molar-refractivity contribution is 6.19. The maximum absolute atomic E-state index is 11.7. The molecule has 0 radical (unpaired) electrons. The number of carbonyl (C=O) groups excluding carboxylic acids is 1. The smallest absolute Gasteiger partial charge is 0.343 e. The van der Waals surface area contributed by atoms with E-state index >= 15 is 0 Å². The number of carbonyl (C=O) groups is 1. The first-order chi connectivity index (χ1) is 7.61. The van der Waals surface area contributed by atoms with Crippen LogP contribution >= 0.6 is 0 Å². The molecular formula is C13H14O3. The van der Waals surface area contributed by atoms with Crippen molar-refractivity contribution >= 4 is 11.5 Å². The van der Waals surface area contributed by atoms with Gasteiger partial charge >= 0.3 is 5.97 Å². The molecule has 0 unspecified atom stereocenters.